The second kappa shape index (κ2) is 6.89. The molecule has 0 aromatic heterocycles. The summed E-state index contributed by atoms with van der Waals surface area (Å²) in [6.45, 7) is 13.2. The highest BCUT2D eigenvalue weighted by molar-refractivity contribution is 6.58. The maximum Gasteiger partial charge on any atom is 0.415 e. The van der Waals surface area contributed by atoms with Crippen molar-refractivity contribution in [1.29, 1.82) is 0 Å². The second-order valence-corrected chi connectivity index (χ2v) is 10.7. The number of nitrogens with zero attached hydrogens (tertiary/aromatic N) is 3. The van der Waals surface area contributed by atoms with E-state index in [0.717, 1.165) is 5.92 Å². The zero-order valence-corrected chi connectivity index (χ0v) is 15.6. The van der Waals surface area contributed by atoms with Gasteiger partial charge < -0.3 is 3.88 Å². The molecule has 0 spiro atoms. The van der Waals surface area contributed by atoms with Crippen molar-refractivity contribution in [3.8, 4) is 0 Å². The van der Waals surface area contributed by atoms with Gasteiger partial charge in [-0.15, -0.1) is 0 Å². The predicted molar refractivity (Wildman–Crippen MR) is 91.6 cm³/mol. The summed E-state index contributed by atoms with van der Waals surface area (Å²) in [6, 6.07) is 0. The van der Waals surface area contributed by atoms with Crippen molar-refractivity contribution in [1.82, 2.24) is 13.7 Å². The van der Waals surface area contributed by atoms with E-state index < -0.39 is 14.4 Å². The minimum absolute atomic E-state index is 0.414. The van der Waals surface area contributed by atoms with Gasteiger partial charge >= 0.3 is 14.4 Å². The fourth-order valence-corrected chi connectivity index (χ4v) is 9.70. The van der Waals surface area contributed by atoms with Gasteiger partial charge in [-0.25, -0.2) is 0 Å². The lowest BCUT2D eigenvalue weighted by molar-refractivity contribution is -0.0114. The fourth-order valence-electron chi connectivity index (χ4n) is 5.49. The summed E-state index contributed by atoms with van der Waals surface area (Å²) in [5.41, 5.74) is 0. The van der Waals surface area contributed by atoms with Crippen LogP contribution >= 0.6 is 0 Å². The van der Waals surface area contributed by atoms with Crippen LogP contribution in [0.15, 0.2) is 0 Å². The molecular weight excluding hydrogens is 273 g/mol. The van der Waals surface area contributed by atoms with E-state index in [2.05, 4.69) is 33.3 Å². The normalized spacial score (nSPS) is 26.3. The van der Waals surface area contributed by atoms with Gasteiger partial charge in [0.05, 0.1) is 0 Å². The van der Waals surface area contributed by atoms with E-state index in [4.69, 9.17) is 0 Å². The molecule has 3 aliphatic rings. The summed E-state index contributed by atoms with van der Waals surface area (Å²) in [5, 5.41) is 0. The van der Waals surface area contributed by atoms with E-state index in [1.807, 2.05) is 0 Å². The summed E-state index contributed by atoms with van der Waals surface area (Å²) in [5.74, 6) is 3.43. The van der Waals surface area contributed by atoms with Crippen LogP contribution in [0.25, 0.3) is 0 Å². The lowest BCUT2D eigenvalue weighted by atomic mass is 10.1. The van der Waals surface area contributed by atoms with Crippen molar-refractivity contribution in [2.75, 3.05) is 39.3 Å². The van der Waals surface area contributed by atoms with Gasteiger partial charge in [0.15, 0.2) is 0 Å². The summed E-state index contributed by atoms with van der Waals surface area (Å²) >= 11 is -0.984. The summed E-state index contributed by atoms with van der Waals surface area (Å²) in [6.07, 6.45) is 8.55. The van der Waals surface area contributed by atoms with Gasteiger partial charge in [-0.05, 0) is 83.7 Å². The zero-order valence-electron chi connectivity index (χ0n) is 14.5. The third kappa shape index (κ3) is 2.83. The Balaban J connectivity index is 1.93. The highest BCUT2D eigenvalue weighted by Crippen LogP contribution is 2.38. The van der Waals surface area contributed by atoms with Gasteiger partial charge in [0, 0.05) is 4.52 Å². The van der Waals surface area contributed by atoms with Crippen molar-refractivity contribution >= 4 is 14.4 Å². The van der Waals surface area contributed by atoms with Crippen LogP contribution in [-0.2, 0) is 0 Å². The molecule has 4 heteroatoms. The summed E-state index contributed by atoms with van der Waals surface area (Å²) < 4.78 is 3.34. The second-order valence-electron chi connectivity index (χ2n) is 7.75. The molecule has 3 saturated heterocycles. The molecule has 0 aliphatic carbocycles. The Labute approximate surface area is 136 Å². The van der Waals surface area contributed by atoms with E-state index in [0.29, 0.717) is 4.52 Å². The molecule has 0 bridgehead atoms. The Morgan fingerprint density at radius 1 is 0.714 bits per heavy atom. The minimum atomic E-state index is -0.984. The third-order valence-corrected chi connectivity index (χ3v) is 10.6. The van der Waals surface area contributed by atoms with E-state index in [1.165, 1.54) is 77.8 Å². The molecule has 3 aliphatic heterocycles. The van der Waals surface area contributed by atoms with Gasteiger partial charge in [0.1, 0.15) is 0 Å². The molecule has 3 fully saturated rings. The van der Waals surface area contributed by atoms with Gasteiger partial charge in [0.25, 0.3) is 0 Å². The van der Waals surface area contributed by atoms with Crippen molar-refractivity contribution in [3.05, 3.63) is 0 Å². The Morgan fingerprint density at radius 2 is 1.10 bits per heavy atom. The summed E-state index contributed by atoms with van der Waals surface area (Å²) in [4.78, 5) is 5.86. The number of likely N-dealkylation sites (tertiary alicyclic amines) is 2. The standard InChI is InChI=1S/C12H23N2.C4H8N.CH3.Al/c1-11(2)12(13-7-3-4-8-13)14-9-5-6-10-14;1-2-4-5-3-1;;/h11H,3-10H2,1-2H3;1-4H2;1H3;/q;-1;;+1. The molecule has 0 saturated carbocycles. The van der Waals surface area contributed by atoms with E-state index in [-0.39, 0.29) is 0 Å². The molecule has 0 amide bonds. The zero-order chi connectivity index (χ0) is 14.9. The smallest absolute Gasteiger partial charge is 0.383 e. The molecule has 3 nitrogen and oxygen atoms in total. The van der Waals surface area contributed by atoms with Gasteiger partial charge in [-0.1, -0.05) is 19.6 Å². The maximum atomic E-state index is 2.93. The Morgan fingerprint density at radius 3 is 1.48 bits per heavy atom. The largest absolute Gasteiger partial charge is 0.415 e. The third-order valence-electron chi connectivity index (χ3n) is 6.38. The van der Waals surface area contributed by atoms with E-state index >= 15 is 0 Å². The number of rotatable bonds is 5. The Bertz CT molecular complexity index is 313. The minimum Gasteiger partial charge on any atom is -0.383 e. The highest BCUT2D eigenvalue weighted by Gasteiger charge is 2.55. The average molecular weight is 307 g/mol. The molecule has 21 heavy (non-hydrogen) atoms. The Kier molecular flexibility index (Phi) is 5.34. The number of hydrogen-bond donors (Lipinski definition) is 0. The fraction of sp³-hybridized carbons (Fsp3) is 1.00. The molecule has 0 radical (unpaired) electrons. The van der Waals surface area contributed by atoms with Crippen LogP contribution in [0.1, 0.15) is 52.4 Å². The van der Waals surface area contributed by atoms with Crippen LogP contribution < -0.4 is 0 Å². The predicted octanol–water partition coefficient (Wildman–Crippen LogP) is 2.79. The van der Waals surface area contributed by atoms with Crippen LogP contribution in [0.3, 0.4) is 0 Å². The average Bonchev–Trinajstić information content (AvgIpc) is 3.23. The highest BCUT2D eigenvalue weighted by atomic mass is 27.2. The first-order valence-electron chi connectivity index (χ1n) is 9.41. The van der Waals surface area contributed by atoms with Crippen molar-refractivity contribution in [3.63, 3.8) is 0 Å². The van der Waals surface area contributed by atoms with Gasteiger partial charge in [-0.3, -0.25) is 9.80 Å². The quantitative estimate of drug-likeness (QED) is 0.723. The maximum absolute atomic E-state index is 2.93. The Hall–Kier alpha value is 0.412. The molecule has 0 unspecified atom stereocenters. The molecule has 3 rings (SSSR count). The van der Waals surface area contributed by atoms with Crippen molar-refractivity contribution in [2.45, 2.75) is 62.7 Å². The molecule has 0 aromatic carbocycles. The van der Waals surface area contributed by atoms with Crippen LogP contribution in [0.4, 0.5) is 0 Å². The van der Waals surface area contributed by atoms with Crippen LogP contribution in [0.5, 0.6) is 0 Å². The lowest BCUT2D eigenvalue weighted by Crippen LogP contribution is -2.73. The first-order chi connectivity index (χ1) is 10.2. The molecule has 3 heterocycles. The SMILES string of the molecule is CC(C)[C](N1CCCC1)(N1CCCC1)[Al]([CH3])[N]1CCCC1. The van der Waals surface area contributed by atoms with Crippen LogP contribution in [0.2, 0.25) is 5.79 Å². The molecule has 0 atom stereocenters. The first-order valence-corrected chi connectivity index (χ1v) is 11.7. The van der Waals surface area contributed by atoms with E-state index in [9.17, 15) is 0 Å². The monoisotopic (exact) mass is 307 g/mol. The van der Waals surface area contributed by atoms with Crippen LogP contribution in [-0.4, -0.2) is 71.8 Å². The number of hydrogen-bond acceptors (Lipinski definition) is 3. The summed E-state index contributed by atoms with van der Waals surface area (Å²) in [7, 11) is 0. The van der Waals surface area contributed by atoms with Gasteiger partial charge in [0.2, 0.25) is 0 Å². The van der Waals surface area contributed by atoms with Crippen molar-refractivity contribution < 1.29 is 0 Å². The van der Waals surface area contributed by atoms with Gasteiger partial charge in [-0.2, -0.15) is 0 Å². The van der Waals surface area contributed by atoms with Crippen molar-refractivity contribution in [2.24, 2.45) is 5.92 Å². The molecule has 0 N–H and O–H groups in total. The van der Waals surface area contributed by atoms with E-state index in [1.54, 1.807) is 0 Å². The molecule has 0 aromatic rings. The van der Waals surface area contributed by atoms with Crippen LogP contribution in [0, 0.1) is 5.92 Å². The lowest BCUT2D eigenvalue weighted by Gasteiger charge is -2.55. The molecular formula is C17H34AlN3. The topological polar surface area (TPSA) is 9.72 Å². The molecule has 120 valence electrons. The first kappa shape index (κ1) is 16.3.